The molecule has 0 spiro atoms. The lowest BCUT2D eigenvalue weighted by Gasteiger charge is -1.93. The number of carbonyl (C=O) groups is 2. The van der Waals surface area contributed by atoms with Crippen molar-refractivity contribution in [1.29, 1.82) is 0 Å². The average molecular weight is 167 g/mol. The van der Waals surface area contributed by atoms with Crippen LogP contribution in [0.1, 0.15) is 6.42 Å². The molecular weight excluding hydrogens is 158 g/mol. The maximum atomic E-state index is 10.6. The van der Waals surface area contributed by atoms with Crippen LogP contribution in [0.15, 0.2) is 17.6 Å². The zero-order valence-corrected chi connectivity index (χ0v) is 6.46. The molecule has 1 heterocycles. The number of amides is 2. The van der Waals surface area contributed by atoms with Crippen molar-refractivity contribution in [2.75, 3.05) is 6.54 Å². The number of aliphatic imine (C=N–C) groups is 1. The van der Waals surface area contributed by atoms with Crippen LogP contribution in [-0.4, -0.2) is 24.3 Å². The number of hydrogen-bond donors (Lipinski definition) is 2. The van der Waals surface area contributed by atoms with E-state index in [1.165, 1.54) is 0 Å². The lowest BCUT2D eigenvalue weighted by Crippen LogP contribution is -2.25. The van der Waals surface area contributed by atoms with Crippen molar-refractivity contribution in [2.45, 2.75) is 6.42 Å². The van der Waals surface area contributed by atoms with Gasteiger partial charge in [-0.15, -0.1) is 6.58 Å². The minimum atomic E-state index is -0.660. The van der Waals surface area contributed by atoms with Crippen LogP contribution in [0, 0.1) is 0 Å². The van der Waals surface area contributed by atoms with E-state index in [4.69, 9.17) is 0 Å². The molecule has 1 aliphatic heterocycles. The molecule has 2 N–H and O–H groups in total. The summed E-state index contributed by atoms with van der Waals surface area (Å²) in [5.41, 5.74) is 0. The lowest BCUT2D eigenvalue weighted by atomic mass is 10.4. The van der Waals surface area contributed by atoms with Crippen LogP contribution in [0.5, 0.6) is 0 Å². The van der Waals surface area contributed by atoms with E-state index in [9.17, 15) is 9.59 Å². The maximum absolute atomic E-state index is 10.6. The molecule has 12 heavy (non-hydrogen) atoms. The van der Waals surface area contributed by atoms with E-state index in [0.717, 1.165) is 6.42 Å². The van der Waals surface area contributed by atoms with Crippen molar-refractivity contribution in [3.8, 4) is 0 Å². The Balaban J connectivity index is 2.45. The molecular formula is C7H9N3O2. The van der Waals surface area contributed by atoms with Gasteiger partial charge < -0.3 is 0 Å². The molecule has 0 aromatic rings. The summed E-state index contributed by atoms with van der Waals surface area (Å²) in [6, 6.07) is 0. The molecule has 0 bridgehead atoms. The van der Waals surface area contributed by atoms with Crippen molar-refractivity contribution in [3.63, 3.8) is 0 Å². The standard InChI is InChI=1S/C7H9N3O2/c1-2-3-4-8-7-9-5(11)6(12)10-7/h2H,1,3-4H2,(H2,8,9,10,11,12). The summed E-state index contributed by atoms with van der Waals surface area (Å²) in [5, 5.41) is 4.56. The molecule has 0 aromatic carbocycles. The fraction of sp³-hybridized carbons (Fsp3) is 0.286. The fourth-order valence-electron chi connectivity index (χ4n) is 0.707. The van der Waals surface area contributed by atoms with Crippen molar-refractivity contribution in [3.05, 3.63) is 12.7 Å². The Hall–Kier alpha value is -1.65. The summed E-state index contributed by atoms with van der Waals surface area (Å²) in [4.78, 5) is 25.1. The molecule has 0 aromatic heterocycles. The summed E-state index contributed by atoms with van der Waals surface area (Å²) >= 11 is 0. The fourth-order valence-corrected chi connectivity index (χ4v) is 0.707. The summed E-state index contributed by atoms with van der Waals surface area (Å²) < 4.78 is 0. The highest BCUT2D eigenvalue weighted by atomic mass is 16.2. The van der Waals surface area contributed by atoms with Crippen LogP contribution >= 0.6 is 0 Å². The normalized spacial score (nSPS) is 15.5. The molecule has 64 valence electrons. The second-order valence-electron chi connectivity index (χ2n) is 2.22. The molecule has 5 heteroatoms. The zero-order chi connectivity index (χ0) is 8.97. The average Bonchev–Trinajstić information content (AvgIpc) is 2.32. The van der Waals surface area contributed by atoms with E-state index in [-0.39, 0.29) is 5.96 Å². The Morgan fingerprint density at radius 3 is 2.42 bits per heavy atom. The van der Waals surface area contributed by atoms with Gasteiger partial charge in [-0.3, -0.25) is 25.2 Å². The first-order valence-corrected chi connectivity index (χ1v) is 3.51. The van der Waals surface area contributed by atoms with E-state index < -0.39 is 11.8 Å². The Morgan fingerprint density at radius 1 is 1.33 bits per heavy atom. The van der Waals surface area contributed by atoms with Crippen molar-refractivity contribution in [1.82, 2.24) is 10.6 Å². The van der Waals surface area contributed by atoms with Gasteiger partial charge in [-0.05, 0) is 6.42 Å². The van der Waals surface area contributed by atoms with Gasteiger partial charge in [0.1, 0.15) is 0 Å². The van der Waals surface area contributed by atoms with Gasteiger partial charge in [0.15, 0.2) is 0 Å². The van der Waals surface area contributed by atoms with Crippen LogP contribution in [-0.2, 0) is 9.59 Å². The Kier molecular flexibility index (Phi) is 2.57. The van der Waals surface area contributed by atoms with Crippen molar-refractivity contribution >= 4 is 17.8 Å². The molecule has 2 amide bonds. The summed E-state index contributed by atoms with van der Waals surface area (Å²) in [6.07, 6.45) is 2.43. The summed E-state index contributed by atoms with van der Waals surface area (Å²) in [5.74, 6) is -1.09. The van der Waals surface area contributed by atoms with E-state index in [2.05, 4.69) is 22.2 Å². The first-order valence-electron chi connectivity index (χ1n) is 3.51. The zero-order valence-electron chi connectivity index (χ0n) is 6.46. The summed E-state index contributed by atoms with van der Waals surface area (Å²) in [7, 11) is 0. The third kappa shape index (κ3) is 1.91. The molecule has 1 rings (SSSR count). The van der Waals surface area contributed by atoms with Crippen LogP contribution in [0.2, 0.25) is 0 Å². The minimum absolute atomic E-state index is 0.229. The highest BCUT2D eigenvalue weighted by Crippen LogP contribution is 1.85. The largest absolute Gasteiger partial charge is 0.316 e. The van der Waals surface area contributed by atoms with E-state index in [1.54, 1.807) is 6.08 Å². The molecule has 5 nitrogen and oxygen atoms in total. The van der Waals surface area contributed by atoms with Crippen LogP contribution in [0.4, 0.5) is 0 Å². The van der Waals surface area contributed by atoms with Crippen molar-refractivity contribution < 1.29 is 9.59 Å². The smallest absolute Gasteiger partial charge is 0.288 e. The third-order valence-corrected chi connectivity index (χ3v) is 1.27. The molecule has 0 unspecified atom stereocenters. The molecule has 0 aliphatic carbocycles. The first-order chi connectivity index (χ1) is 5.74. The lowest BCUT2D eigenvalue weighted by molar-refractivity contribution is -0.135. The number of nitrogens with zero attached hydrogens (tertiary/aromatic N) is 1. The minimum Gasteiger partial charge on any atom is -0.288 e. The molecule has 1 saturated heterocycles. The van der Waals surface area contributed by atoms with Gasteiger partial charge in [0.2, 0.25) is 5.96 Å². The quantitative estimate of drug-likeness (QED) is 0.327. The third-order valence-electron chi connectivity index (χ3n) is 1.27. The molecule has 0 saturated carbocycles. The van der Waals surface area contributed by atoms with Crippen molar-refractivity contribution in [2.24, 2.45) is 4.99 Å². The van der Waals surface area contributed by atoms with E-state index in [0.29, 0.717) is 6.54 Å². The number of carbonyl (C=O) groups excluding carboxylic acids is 2. The van der Waals surface area contributed by atoms with Gasteiger partial charge >= 0.3 is 11.8 Å². The van der Waals surface area contributed by atoms with Gasteiger partial charge in [-0.1, -0.05) is 6.08 Å². The van der Waals surface area contributed by atoms with Crippen LogP contribution < -0.4 is 10.6 Å². The monoisotopic (exact) mass is 167 g/mol. The molecule has 1 fully saturated rings. The highest BCUT2D eigenvalue weighted by molar-refractivity contribution is 6.45. The van der Waals surface area contributed by atoms with Gasteiger partial charge in [0.05, 0.1) is 0 Å². The first kappa shape index (κ1) is 8.45. The second-order valence-corrected chi connectivity index (χ2v) is 2.22. The van der Waals surface area contributed by atoms with Crippen LogP contribution in [0.25, 0.3) is 0 Å². The molecule has 1 aliphatic rings. The highest BCUT2D eigenvalue weighted by Gasteiger charge is 2.24. The maximum Gasteiger partial charge on any atom is 0.316 e. The Morgan fingerprint density at radius 2 is 1.92 bits per heavy atom. The van der Waals surface area contributed by atoms with Crippen LogP contribution in [0.3, 0.4) is 0 Å². The molecule has 0 atom stereocenters. The topological polar surface area (TPSA) is 70.6 Å². The number of guanidine groups is 1. The van der Waals surface area contributed by atoms with E-state index >= 15 is 0 Å². The number of hydrogen-bond acceptors (Lipinski definition) is 3. The number of nitrogens with one attached hydrogen (secondary N) is 2. The molecule has 0 radical (unpaired) electrons. The Bertz CT molecular complexity index is 239. The predicted octanol–water partition coefficient (Wildman–Crippen LogP) is -0.836. The SMILES string of the molecule is C=CCCN=C1NC(=O)C(=O)N1. The summed E-state index contributed by atoms with van der Waals surface area (Å²) in [6.45, 7) is 4.02. The van der Waals surface area contributed by atoms with Gasteiger partial charge in [0.25, 0.3) is 0 Å². The Labute approximate surface area is 69.6 Å². The predicted molar refractivity (Wildman–Crippen MR) is 43.4 cm³/mol. The number of rotatable bonds is 3. The van der Waals surface area contributed by atoms with Gasteiger partial charge in [-0.2, -0.15) is 0 Å². The second kappa shape index (κ2) is 3.66. The van der Waals surface area contributed by atoms with Gasteiger partial charge in [-0.25, -0.2) is 0 Å². The van der Waals surface area contributed by atoms with E-state index in [1.807, 2.05) is 0 Å². The van der Waals surface area contributed by atoms with Gasteiger partial charge in [0, 0.05) is 6.54 Å².